The Kier molecular flexibility index (Phi) is 3.99. The van der Waals surface area contributed by atoms with E-state index in [1.807, 2.05) is 0 Å². The number of hydrogen-bond donors (Lipinski definition) is 0. The normalized spacial score (nSPS) is 11.3. The first-order valence-corrected chi connectivity index (χ1v) is 6.51. The molecular weight excluding hydrogens is 216 g/mol. The summed E-state index contributed by atoms with van der Waals surface area (Å²) >= 11 is 0. The third-order valence-corrected chi connectivity index (χ3v) is 3.04. The van der Waals surface area contributed by atoms with Crippen LogP contribution in [-0.4, -0.2) is 0 Å². The average Bonchev–Trinajstić information content (AvgIpc) is 2.38. The van der Waals surface area contributed by atoms with Crippen LogP contribution in [0.1, 0.15) is 25.0 Å². The van der Waals surface area contributed by atoms with Crippen molar-refractivity contribution in [3.8, 4) is 11.1 Å². The first kappa shape index (κ1) is 12.6. The van der Waals surface area contributed by atoms with Crippen LogP contribution in [0.15, 0.2) is 54.6 Å². The topological polar surface area (TPSA) is 0 Å². The van der Waals surface area contributed by atoms with Crippen LogP contribution in [-0.2, 0) is 0 Å². The van der Waals surface area contributed by atoms with Gasteiger partial charge in [-0.3, -0.25) is 0 Å². The molecule has 0 heterocycles. The summed E-state index contributed by atoms with van der Waals surface area (Å²) < 4.78 is 0. The number of rotatable bonds is 3. The summed E-state index contributed by atoms with van der Waals surface area (Å²) in [4.78, 5) is 0. The maximum atomic E-state index is 2.22. The minimum absolute atomic E-state index is 0.598. The molecule has 2 aromatic carbocycles. The maximum Gasteiger partial charge on any atom is -0.0155 e. The fourth-order valence-electron chi connectivity index (χ4n) is 1.97. The Morgan fingerprint density at radius 3 is 2.17 bits per heavy atom. The summed E-state index contributed by atoms with van der Waals surface area (Å²) in [6.07, 6.45) is 4.41. The van der Waals surface area contributed by atoms with Gasteiger partial charge < -0.3 is 0 Å². The van der Waals surface area contributed by atoms with Crippen molar-refractivity contribution in [1.29, 1.82) is 0 Å². The Hall–Kier alpha value is -1.82. The molecule has 2 aromatic rings. The first-order chi connectivity index (χ1) is 8.66. The van der Waals surface area contributed by atoms with E-state index in [1.54, 1.807) is 0 Å². The smallest absolute Gasteiger partial charge is 0.0155 e. The van der Waals surface area contributed by atoms with Gasteiger partial charge in [0.05, 0.1) is 0 Å². The van der Waals surface area contributed by atoms with Crippen LogP contribution in [0.25, 0.3) is 17.2 Å². The largest absolute Gasteiger partial charge is 0.0814 e. The second-order valence-corrected chi connectivity index (χ2v) is 5.04. The Labute approximate surface area is 110 Å². The molecule has 0 spiro atoms. The Balaban J connectivity index is 2.25. The SMILES string of the molecule is Cc1ccccc1-c1ccc(/C=C\C(C)C)cc1. The van der Waals surface area contributed by atoms with E-state index in [1.165, 1.54) is 22.3 Å². The van der Waals surface area contributed by atoms with Gasteiger partial charge in [0.25, 0.3) is 0 Å². The van der Waals surface area contributed by atoms with Crippen molar-refractivity contribution in [1.82, 2.24) is 0 Å². The highest BCUT2D eigenvalue weighted by Gasteiger charge is 1.99. The van der Waals surface area contributed by atoms with Gasteiger partial charge in [0.2, 0.25) is 0 Å². The van der Waals surface area contributed by atoms with Crippen molar-refractivity contribution >= 4 is 6.08 Å². The van der Waals surface area contributed by atoms with Gasteiger partial charge in [-0.15, -0.1) is 0 Å². The zero-order valence-electron chi connectivity index (χ0n) is 11.4. The van der Waals surface area contributed by atoms with Crippen molar-refractivity contribution in [3.05, 3.63) is 65.7 Å². The second kappa shape index (κ2) is 5.68. The number of hydrogen-bond acceptors (Lipinski definition) is 0. The fourth-order valence-corrected chi connectivity index (χ4v) is 1.97. The van der Waals surface area contributed by atoms with Crippen molar-refractivity contribution in [2.75, 3.05) is 0 Å². The van der Waals surface area contributed by atoms with Gasteiger partial charge in [0.15, 0.2) is 0 Å². The van der Waals surface area contributed by atoms with Crippen LogP contribution < -0.4 is 0 Å². The lowest BCUT2D eigenvalue weighted by Crippen LogP contribution is -1.83. The lowest BCUT2D eigenvalue weighted by molar-refractivity contribution is 0.836. The molecule has 0 amide bonds. The van der Waals surface area contributed by atoms with Crippen LogP contribution in [0.3, 0.4) is 0 Å². The molecule has 0 fully saturated rings. The average molecular weight is 236 g/mol. The summed E-state index contributed by atoms with van der Waals surface area (Å²) in [6, 6.07) is 17.3. The summed E-state index contributed by atoms with van der Waals surface area (Å²) in [5, 5.41) is 0. The fraction of sp³-hybridized carbons (Fsp3) is 0.222. The first-order valence-electron chi connectivity index (χ1n) is 6.51. The quantitative estimate of drug-likeness (QED) is 0.675. The van der Waals surface area contributed by atoms with E-state index in [9.17, 15) is 0 Å². The number of aryl methyl sites for hydroxylation is 1. The van der Waals surface area contributed by atoms with E-state index in [-0.39, 0.29) is 0 Å². The van der Waals surface area contributed by atoms with Crippen molar-refractivity contribution in [2.45, 2.75) is 20.8 Å². The molecule has 2 rings (SSSR count). The molecule has 18 heavy (non-hydrogen) atoms. The van der Waals surface area contributed by atoms with E-state index in [2.05, 4.69) is 81.5 Å². The van der Waals surface area contributed by atoms with E-state index < -0.39 is 0 Å². The summed E-state index contributed by atoms with van der Waals surface area (Å²) in [5.41, 5.74) is 5.19. The maximum absolute atomic E-state index is 2.22. The minimum atomic E-state index is 0.598. The Bertz CT molecular complexity index is 530. The van der Waals surface area contributed by atoms with Crippen molar-refractivity contribution in [3.63, 3.8) is 0 Å². The predicted octanol–water partition coefficient (Wildman–Crippen LogP) is 5.33. The van der Waals surface area contributed by atoms with E-state index in [4.69, 9.17) is 0 Å². The highest BCUT2D eigenvalue weighted by Crippen LogP contribution is 2.23. The molecule has 0 N–H and O–H groups in total. The third kappa shape index (κ3) is 3.10. The van der Waals surface area contributed by atoms with Gasteiger partial charge in [-0.2, -0.15) is 0 Å². The van der Waals surface area contributed by atoms with Crippen LogP contribution >= 0.6 is 0 Å². The molecular formula is C18H20. The Morgan fingerprint density at radius 1 is 0.889 bits per heavy atom. The molecule has 0 saturated heterocycles. The molecule has 0 heteroatoms. The van der Waals surface area contributed by atoms with Gasteiger partial charge in [0, 0.05) is 0 Å². The molecule has 0 unspecified atom stereocenters. The van der Waals surface area contributed by atoms with Gasteiger partial charge in [-0.25, -0.2) is 0 Å². The zero-order valence-corrected chi connectivity index (χ0v) is 11.4. The molecule has 0 radical (unpaired) electrons. The zero-order chi connectivity index (χ0) is 13.0. The van der Waals surface area contributed by atoms with Gasteiger partial charge in [-0.05, 0) is 35.1 Å². The van der Waals surface area contributed by atoms with Crippen LogP contribution in [0.5, 0.6) is 0 Å². The lowest BCUT2D eigenvalue weighted by Gasteiger charge is -2.06. The van der Waals surface area contributed by atoms with Crippen LogP contribution in [0, 0.1) is 12.8 Å². The van der Waals surface area contributed by atoms with E-state index in [0.29, 0.717) is 5.92 Å². The summed E-state index contributed by atoms with van der Waals surface area (Å²) in [7, 11) is 0. The molecule has 0 bridgehead atoms. The molecule has 0 nitrogen and oxygen atoms in total. The van der Waals surface area contributed by atoms with Crippen LogP contribution in [0.4, 0.5) is 0 Å². The highest BCUT2D eigenvalue weighted by molar-refractivity contribution is 5.68. The predicted molar refractivity (Wildman–Crippen MR) is 80.5 cm³/mol. The monoisotopic (exact) mass is 236 g/mol. The molecule has 0 aliphatic heterocycles. The molecule has 0 aliphatic carbocycles. The summed E-state index contributed by atoms with van der Waals surface area (Å²) in [6.45, 7) is 6.54. The Morgan fingerprint density at radius 2 is 1.56 bits per heavy atom. The number of allylic oxidation sites excluding steroid dienone is 1. The molecule has 92 valence electrons. The molecule has 0 aliphatic rings. The third-order valence-electron chi connectivity index (χ3n) is 3.04. The van der Waals surface area contributed by atoms with Gasteiger partial charge in [0.1, 0.15) is 0 Å². The van der Waals surface area contributed by atoms with Crippen LogP contribution in [0.2, 0.25) is 0 Å². The molecule has 0 atom stereocenters. The molecule has 0 saturated carbocycles. The van der Waals surface area contributed by atoms with Crippen molar-refractivity contribution in [2.24, 2.45) is 5.92 Å². The van der Waals surface area contributed by atoms with Gasteiger partial charge in [-0.1, -0.05) is 74.5 Å². The van der Waals surface area contributed by atoms with Gasteiger partial charge >= 0.3 is 0 Å². The highest BCUT2D eigenvalue weighted by atomic mass is 14.0. The minimum Gasteiger partial charge on any atom is -0.0814 e. The van der Waals surface area contributed by atoms with E-state index in [0.717, 1.165) is 0 Å². The van der Waals surface area contributed by atoms with Crippen molar-refractivity contribution < 1.29 is 0 Å². The second-order valence-electron chi connectivity index (χ2n) is 5.04. The summed E-state index contributed by atoms with van der Waals surface area (Å²) in [5.74, 6) is 0.598. The standard InChI is InChI=1S/C18H20/c1-14(2)8-9-16-10-12-17(13-11-16)18-7-5-4-6-15(18)3/h4-14H,1-3H3/b9-8-. The number of benzene rings is 2. The van der Waals surface area contributed by atoms with E-state index >= 15 is 0 Å². The molecule has 0 aromatic heterocycles. The lowest BCUT2D eigenvalue weighted by atomic mass is 9.99.